The van der Waals surface area contributed by atoms with Gasteiger partial charge in [-0.2, -0.15) is 0 Å². The summed E-state index contributed by atoms with van der Waals surface area (Å²) in [5, 5.41) is 2.65. The van der Waals surface area contributed by atoms with E-state index in [0.29, 0.717) is 12.2 Å². The number of nitrogens with one attached hydrogen (secondary N) is 1. The summed E-state index contributed by atoms with van der Waals surface area (Å²) >= 11 is 1.62. The lowest BCUT2D eigenvalue weighted by molar-refractivity contribution is -0.157. The van der Waals surface area contributed by atoms with Crippen LogP contribution in [0.1, 0.15) is 32.8 Å². The summed E-state index contributed by atoms with van der Waals surface area (Å²) in [4.78, 5) is 25.8. The Bertz CT molecular complexity index is 744. The highest BCUT2D eigenvalue weighted by Crippen LogP contribution is 2.19. The van der Waals surface area contributed by atoms with Crippen LogP contribution in [-0.4, -0.2) is 29.5 Å². The van der Waals surface area contributed by atoms with Gasteiger partial charge in [-0.15, -0.1) is 11.8 Å². The van der Waals surface area contributed by atoms with Crippen molar-refractivity contribution in [1.82, 2.24) is 5.32 Å². The fraction of sp³-hybridized carbons (Fsp3) is 0.364. The number of hydrogen-bond donors (Lipinski definition) is 1. The molecule has 0 unspecified atom stereocenters. The molecular formula is C22H27NO4S. The Morgan fingerprint density at radius 1 is 1.00 bits per heavy atom. The van der Waals surface area contributed by atoms with Crippen LogP contribution < -0.4 is 5.32 Å². The minimum absolute atomic E-state index is 0.145. The second-order valence-corrected chi connectivity index (χ2v) is 8.41. The third-order valence-corrected chi connectivity index (χ3v) is 4.66. The summed E-state index contributed by atoms with van der Waals surface area (Å²) in [7, 11) is 0. The topological polar surface area (TPSA) is 64.6 Å². The molecule has 0 heterocycles. The molecule has 0 fully saturated rings. The molecule has 0 spiro atoms. The van der Waals surface area contributed by atoms with Crippen molar-refractivity contribution in [1.29, 1.82) is 0 Å². The number of benzene rings is 2. The molecule has 0 saturated heterocycles. The van der Waals surface area contributed by atoms with Gasteiger partial charge in [-0.1, -0.05) is 48.5 Å². The molecule has 1 amide bonds. The fourth-order valence-electron chi connectivity index (χ4n) is 2.34. The monoisotopic (exact) mass is 401 g/mol. The maximum atomic E-state index is 12.5. The molecule has 0 aliphatic rings. The van der Waals surface area contributed by atoms with Crippen molar-refractivity contribution in [3.05, 3.63) is 66.2 Å². The minimum atomic E-state index is -0.765. The van der Waals surface area contributed by atoms with Gasteiger partial charge in [-0.25, -0.2) is 9.59 Å². The third-order valence-electron chi connectivity index (χ3n) is 3.61. The molecule has 28 heavy (non-hydrogen) atoms. The summed E-state index contributed by atoms with van der Waals surface area (Å²) < 4.78 is 10.7. The highest BCUT2D eigenvalue weighted by Gasteiger charge is 2.27. The minimum Gasteiger partial charge on any atom is -0.458 e. The van der Waals surface area contributed by atoms with Crippen LogP contribution in [0.3, 0.4) is 0 Å². The van der Waals surface area contributed by atoms with Crippen molar-refractivity contribution < 1.29 is 19.1 Å². The molecule has 0 aromatic heterocycles. The summed E-state index contributed by atoms with van der Waals surface area (Å²) in [5.41, 5.74) is 0.253. The van der Waals surface area contributed by atoms with E-state index in [1.807, 2.05) is 60.7 Å². The Morgan fingerprint density at radius 2 is 1.61 bits per heavy atom. The average Bonchev–Trinajstić information content (AvgIpc) is 2.66. The Hall–Kier alpha value is -2.47. The molecular weight excluding hydrogens is 374 g/mol. The van der Waals surface area contributed by atoms with Gasteiger partial charge in [-0.05, 0) is 44.9 Å². The quantitative estimate of drug-likeness (QED) is 0.508. The summed E-state index contributed by atoms with van der Waals surface area (Å²) in [6.07, 6.45) is -0.195. The lowest BCUT2D eigenvalue weighted by Crippen LogP contribution is -2.44. The van der Waals surface area contributed by atoms with E-state index in [-0.39, 0.29) is 6.61 Å². The molecule has 1 atom stereocenters. The number of amides is 1. The van der Waals surface area contributed by atoms with Gasteiger partial charge in [0.25, 0.3) is 0 Å². The average molecular weight is 402 g/mol. The number of ether oxygens (including phenoxy) is 2. The molecule has 2 rings (SSSR count). The fourth-order valence-corrected chi connectivity index (χ4v) is 3.28. The first-order valence-electron chi connectivity index (χ1n) is 9.21. The van der Waals surface area contributed by atoms with Gasteiger partial charge in [0.1, 0.15) is 18.2 Å². The molecule has 2 aromatic carbocycles. The largest absolute Gasteiger partial charge is 0.458 e. The smallest absolute Gasteiger partial charge is 0.408 e. The van der Waals surface area contributed by atoms with Crippen LogP contribution in [-0.2, 0) is 20.9 Å². The van der Waals surface area contributed by atoms with Gasteiger partial charge in [0.05, 0.1) is 0 Å². The first-order valence-corrected chi connectivity index (χ1v) is 10.2. The first-order chi connectivity index (χ1) is 13.3. The number of hydrogen-bond acceptors (Lipinski definition) is 5. The van der Waals surface area contributed by atoms with Gasteiger partial charge >= 0.3 is 12.1 Å². The molecule has 1 N–H and O–H groups in total. The summed E-state index contributed by atoms with van der Waals surface area (Å²) in [5.74, 6) is 0.199. The van der Waals surface area contributed by atoms with Gasteiger partial charge in [0.2, 0.25) is 0 Å². The summed E-state index contributed by atoms with van der Waals surface area (Å²) in [6.45, 7) is 5.55. The zero-order chi connectivity index (χ0) is 20.4. The predicted octanol–water partition coefficient (Wildman–Crippen LogP) is 4.81. The van der Waals surface area contributed by atoms with E-state index in [4.69, 9.17) is 9.47 Å². The molecule has 2 aromatic rings. The molecule has 6 heteroatoms. The van der Waals surface area contributed by atoms with Crippen LogP contribution in [0.2, 0.25) is 0 Å². The molecule has 0 saturated carbocycles. The standard InChI is InChI=1S/C22H27NO4S/c1-22(2,3)27-20(24)19(14-15-28-18-12-8-5-9-13-18)23-21(25)26-16-17-10-6-4-7-11-17/h4-13,19H,14-16H2,1-3H3,(H,23,25)/t19-/m0/s1. The van der Waals surface area contributed by atoms with Crippen LogP contribution in [0.15, 0.2) is 65.6 Å². The van der Waals surface area contributed by atoms with Crippen molar-refractivity contribution in [3.63, 3.8) is 0 Å². The number of thioether (sulfide) groups is 1. The van der Waals surface area contributed by atoms with E-state index in [2.05, 4.69) is 5.32 Å². The van der Waals surface area contributed by atoms with E-state index in [9.17, 15) is 9.59 Å². The van der Waals surface area contributed by atoms with Crippen molar-refractivity contribution >= 4 is 23.8 Å². The number of carbonyl (C=O) groups is 2. The molecule has 5 nitrogen and oxygen atoms in total. The van der Waals surface area contributed by atoms with Crippen LogP contribution in [0.4, 0.5) is 4.79 Å². The van der Waals surface area contributed by atoms with Crippen molar-refractivity contribution in [2.75, 3.05) is 5.75 Å². The highest BCUT2D eigenvalue weighted by atomic mass is 32.2. The molecule has 150 valence electrons. The van der Waals surface area contributed by atoms with Crippen LogP contribution in [0.25, 0.3) is 0 Å². The number of rotatable bonds is 8. The Kier molecular flexibility index (Phi) is 8.39. The zero-order valence-electron chi connectivity index (χ0n) is 16.5. The van der Waals surface area contributed by atoms with Crippen molar-refractivity contribution in [2.45, 2.75) is 50.3 Å². The van der Waals surface area contributed by atoms with Crippen molar-refractivity contribution in [3.8, 4) is 0 Å². The SMILES string of the molecule is CC(C)(C)OC(=O)[C@H](CCSc1ccccc1)NC(=O)OCc1ccccc1. The Morgan fingerprint density at radius 3 is 2.21 bits per heavy atom. The summed E-state index contributed by atoms with van der Waals surface area (Å²) in [6, 6.07) is 18.5. The van der Waals surface area contributed by atoms with E-state index >= 15 is 0 Å². The first kappa shape index (κ1) is 21.8. The molecule has 0 aliphatic carbocycles. The molecule has 0 aliphatic heterocycles. The lowest BCUT2D eigenvalue weighted by Gasteiger charge is -2.24. The van der Waals surface area contributed by atoms with Gasteiger partial charge in [-0.3, -0.25) is 0 Å². The number of alkyl carbamates (subject to hydrolysis) is 1. The lowest BCUT2D eigenvalue weighted by atomic mass is 10.1. The molecule has 0 radical (unpaired) electrons. The Labute approximate surface area is 170 Å². The van der Waals surface area contributed by atoms with E-state index < -0.39 is 23.7 Å². The normalized spacial score (nSPS) is 12.1. The van der Waals surface area contributed by atoms with Gasteiger partial charge < -0.3 is 14.8 Å². The van der Waals surface area contributed by atoms with Crippen LogP contribution in [0, 0.1) is 0 Å². The maximum absolute atomic E-state index is 12.5. The van der Waals surface area contributed by atoms with Gasteiger partial charge in [0.15, 0.2) is 0 Å². The number of esters is 1. The van der Waals surface area contributed by atoms with E-state index in [1.54, 1.807) is 32.5 Å². The predicted molar refractivity (Wildman–Crippen MR) is 111 cm³/mol. The maximum Gasteiger partial charge on any atom is 0.408 e. The van der Waals surface area contributed by atoms with E-state index in [1.165, 1.54) is 0 Å². The highest BCUT2D eigenvalue weighted by molar-refractivity contribution is 7.99. The second-order valence-electron chi connectivity index (χ2n) is 7.24. The number of carbonyl (C=O) groups excluding carboxylic acids is 2. The van der Waals surface area contributed by atoms with Crippen LogP contribution >= 0.6 is 11.8 Å². The zero-order valence-corrected chi connectivity index (χ0v) is 17.3. The second kappa shape index (κ2) is 10.8. The molecule has 0 bridgehead atoms. The Balaban J connectivity index is 1.90. The van der Waals surface area contributed by atoms with Crippen LogP contribution in [0.5, 0.6) is 0 Å². The van der Waals surface area contributed by atoms with E-state index in [0.717, 1.165) is 10.5 Å². The third kappa shape index (κ3) is 8.48. The van der Waals surface area contributed by atoms with Gasteiger partial charge in [0, 0.05) is 10.6 Å². The van der Waals surface area contributed by atoms with Crippen molar-refractivity contribution in [2.24, 2.45) is 0 Å².